The first kappa shape index (κ1) is 6.29. The topological polar surface area (TPSA) is 34.9 Å². The lowest BCUT2D eigenvalue weighted by molar-refractivity contribution is 0.560. The van der Waals surface area contributed by atoms with E-state index in [9.17, 15) is 4.79 Å². The molecular formula is C5H4ClN2O. The number of hydrogen-bond donors (Lipinski definition) is 0. The summed E-state index contributed by atoms with van der Waals surface area (Å²) >= 11 is 5.50. The molecule has 4 heteroatoms. The summed E-state index contributed by atoms with van der Waals surface area (Å²) in [4.78, 5) is 9.96. The first-order valence-electron chi connectivity index (χ1n) is 2.31. The van der Waals surface area contributed by atoms with Crippen LogP contribution in [0.1, 0.15) is 5.69 Å². The average molecular weight is 144 g/mol. The molecule has 0 aromatic carbocycles. The summed E-state index contributed by atoms with van der Waals surface area (Å²) < 4.78 is 1.46. The van der Waals surface area contributed by atoms with Crippen LogP contribution in [-0.4, -0.2) is 16.1 Å². The Kier molecular flexibility index (Phi) is 1.53. The SMILES string of the molecule is Cn1cc(Cl)c([C]=O)n1. The molecule has 0 fully saturated rings. The van der Waals surface area contributed by atoms with Crippen LogP contribution in [0.3, 0.4) is 0 Å². The van der Waals surface area contributed by atoms with Crippen molar-refractivity contribution in [1.82, 2.24) is 9.78 Å². The van der Waals surface area contributed by atoms with E-state index in [4.69, 9.17) is 11.6 Å². The maximum atomic E-state index is 9.96. The normalized spacial score (nSPS) is 9.56. The largest absolute Gasteiger partial charge is 0.283 e. The molecule has 0 amide bonds. The molecule has 0 unspecified atom stereocenters. The second-order valence-corrected chi connectivity index (χ2v) is 2.01. The molecular weight excluding hydrogens is 140 g/mol. The summed E-state index contributed by atoms with van der Waals surface area (Å²) in [5.74, 6) is 0. The molecule has 1 rings (SSSR count). The van der Waals surface area contributed by atoms with E-state index in [1.165, 1.54) is 4.68 Å². The van der Waals surface area contributed by atoms with Crippen LogP contribution < -0.4 is 0 Å². The van der Waals surface area contributed by atoms with Crippen molar-refractivity contribution >= 4 is 17.9 Å². The van der Waals surface area contributed by atoms with Gasteiger partial charge in [-0.05, 0) is 0 Å². The van der Waals surface area contributed by atoms with Crippen molar-refractivity contribution in [3.8, 4) is 0 Å². The van der Waals surface area contributed by atoms with Crippen molar-refractivity contribution < 1.29 is 4.79 Å². The standard InChI is InChI=1S/C5H4ClN2O/c1-8-2-4(6)5(3-9)7-8/h2H,1H3. The number of rotatable bonds is 1. The predicted molar refractivity (Wildman–Crippen MR) is 33.0 cm³/mol. The highest BCUT2D eigenvalue weighted by molar-refractivity contribution is 6.32. The molecule has 0 saturated heterocycles. The van der Waals surface area contributed by atoms with Crippen molar-refractivity contribution in [2.45, 2.75) is 0 Å². The maximum absolute atomic E-state index is 9.96. The summed E-state index contributed by atoms with van der Waals surface area (Å²) in [6.07, 6.45) is 3.15. The number of aromatic nitrogens is 2. The minimum atomic E-state index is 0.166. The molecule has 3 nitrogen and oxygen atoms in total. The van der Waals surface area contributed by atoms with Gasteiger partial charge in [0, 0.05) is 13.2 Å². The van der Waals surface area contributed by atoms with E-state index in [0.717, 1.165) is 0 Å². The Morgan fingerprint density at radius 2 is 2.56 bits per heavy atom. The van der Waals surface area contributed by atoms with E-state index in [1.54, 1.807) is 19.5 Å². The van der Waals surface area contributed by atoms with Gasteiger partial charge in [-0.1, -0.05) is 11.6 Å². The number of halogens is 1. The van der Waals surface area contributed by atoms with Crippen LogP contribution >= 0.6 is 11.6 Å². The quantitative estimate of drug-likeness (QED) is 0.575. The molecule has 0 atom stereocenters. The molecule has 0 bridgehead atoms. The molecule has 9 heavy (non-hydrogen) atoms. The third-order valence-corrected chi connectivity index (χ3v) is 1.16. The highest BCUT2D eigenvalue weighted by atomic mass is 35.5. The van der Waals surface area contributed by atoms with Crippen molar-refractivity contribution in [2.75, 3.05) is 0 Å². The van der Waals surface area contributed by atoms with E-state index in [-0.39, 0.29) is 5.69 Å². The van der Waals surface area contributed by atoms with E-state index >= 15 is 0 Å². The van der Waals surface area contributed by atoms with Crippen LogP contribution in [0.4, 0.5) is 0 Å². The molecule has 47 valence electrons. The fraction of sp³-hybridized carbons (Fsp3) is 0.200. The van der Waals surface area contributed by atoms with E-state index in [1.807, 2.05) is 0 Å². The van der Waals surface area contributed by atoms with Crippen molar-refractivity contribution in [3.63, 3.8) is 0 Å². The van der Waals surface area contributed by atoms with Gasteiger partial charge in [-0.15, -0.1) is 0 Å². The molecule has 0 N–H and O–H groups in total. The number of nitrogens with zero attached hydrogens (tertiary/aromatic N) is 2. The van der Waals surface area contributed by atoms with E-state index in [2.05, 4.69) is 5.10 Å². The van der Waals surface area contributed by atoms with Gasteiger partial charge < -0.3 is 0 Å². The Bertz CT molecular complexity index is 231. The van der Waals surface area contributed by atoms with Gasteiger partial charge in [0.1, 0.15) is 0 Å². The lowest BCUT2D eigenvalue weighted by Gasteiger charge is -1.78. The smallest absolute Gasteiger partial charge is 0.257 e. The van der Waals surface area contributed by atoms with Gasteiger partial charge in [0.05, 0.1) is 5.02 Å². The Morgan fingerprint density at radius 3 is 2.78 bits per heavy atom. The van der Waals surface area contributed by atoms with Gasteiger partial charge in [0.15, 0.2) is 5.69 Å². The Morgan fingerprint density at radius 1 is 1.89 bits per heavy atom. The van der Waals surface area contributed by atoms with Gasteiger partial charge >= 0.3 is 0 Å². The first-order chi connectivity index (χ1) is 4.24. The van der Waals surface area contributed by atoms with E-state index in [0.29, 0.717) is 5.02 Å². The van der Waals surface area contributed by atoms with Gasteiger partial charge in [-0.2, -0.15) is 5.10 Å². The molecule has 1 aromatic heterocycles. The highest BCUT2D eigenvalue weighted by Crippen LogP contribution is 2.09. The minimum Gasteiger partial charge on any atom is -0.283 e. The molecule has 0 aliphatic carbocycles. The highest BCUT2D eigenvalue weighted by Gasteiger charge is 2.02. The zero-order valence-corrected chi connectivity index (χ0v) is 5.51. The number of hydrogen-bond acceptors (Lipinski definition) is 2. The number of carbonyl (C=O) groups excluding carboxylic acids is 1. The Balaban J connectivity index is 3.15. The fourth-order valence-electron chi connectivity index (χ4n) is 0.529. The van der Waals surface area contributed by atoms with Crippen LogP contribution in [0.15, 0.2) is 6.20 Å². The zero-order chi connectivity index (χ0) is 6.85. The summed E-state index contributed by atoms with van der Waals surface area (Å²) in [6.45, 7) is 0. The van der Waals surface area contributed by atoms with Crippen molar-refractivity contribution in [1.29, 1.82) is 0 Å². The molecule has 0 saturated carbocycles. The van der Waals surface area contributed by atoms with E-state index < -0.39 is 0 Å². The van der Waals surface area contributed by atoms with Crippen molar-refractivity contribution in [2.24, 2.45) is 7.05 Å². The summed E-state index contributed by atoms with van der Waals surface area (Å²) in [6, 6.07) is 0. The Hall–Kier alpha value is -0.830. The molecule has 1 radical (unpaired) electrons. The molecule has 1 aromatic rings. The Labute approximate surface area is 57.2 Å². The molecule has 0 spiro atoms. The van der Waals surface area contributed by atoms with Gasteiger partial charge in [0.2, 0.25) is 0 Å². The molecule has 1 heterocycles. The average Bonchev–Trinajstić information content (AvgIpc) is 2.10. The minimum absolute atomic E-state index is 0.166. The maximum Gasteiger partial charge on any atom is 0.257 e. The van der Waals surface area contributed by atoms with Crippen molar-refractivity contribution in [3.05, 3.63) is 16.9 Å². The lowest BCUT2D eigenvalue weighted by Crippen LogP contribution is -1.88. The summed E-state index contributed by atoms with van der Waals surface area (Å²) in [7, 11) is 1.69. The van der Waals surface area contributed by atoms with Crippen LogP contribution in [-0.2, 0) is 11.8 Å². The van der Waals surface area contributed by atoms with Crippen LogP contribution in [0.25, 0.3) is 0 Å². The number of aryl methyl sites for hydroxylation is 1. The lowest BCUT2D eigenvalue weighted by atomic mass is 10.5. The summed E-state index contributed by atoms with van der Waals surface area (Å²) in [5, 5.41) is 4.03. The monoisotopic (exact) mass is 143 g/mol. The van der Waals surface area contributed by atoms with Gasteiger partial charge in [0.25, 0.3) is 6.29 Å². The third kappa shape index (κ3) is 1.10. The van der Waals surface area contributed by atoms with Gasteiger partial charge in [-0.25, -0.2) is 0 Å². The second-order valence-electron chi connectivity index (χ2n) is 1.60. The van der Waals surface area contributed by atoms with Crippen LogP contribution in [0.5, 0.6) is 0 Å². The first-order valence-corrected chi connectivity index (χ1v) is 2.69. The molecule has 0 aliphatic heterocycles. The van der Waals surface area contributed by atoms with Crippen LogP contribution in [0, 0.1) is 0 Å². The van der Waals surface area contributed by atoms with Crippen LogP contribution in [0.2, 0.25) is 5.02 Å². The fourth-order valence-corrected chi connectivity index (χ4v) is 0.746. The predicted octanol–water partition coefficient (Wildman–Crippen LogP) is 0.531. The molecule has 0 aliphatic rings. The third-order valence-electron chi connectivity index (χ3n) is 0.881. The summed E-state index contributed by atoms with van der Waals surface area (Å²) in [5.41, 5.74) is 0.166. The second kappa shape index (κ2) is 2.19. The zero-order valence-electron chi connectivity index (χ0n) is 4.76. The van der Waals surface area contributed by atoms with Gasteiger partial charge in [-0.3, -0.25) is 9.48 Å².